The molecule has 5 heteroatoms. The molecule has 1 atom stereocenters. The minimum Gasteiger partial charge on any atom is -0.369 e. The van der Waals surface area contributed by atoms with Crippen LogP contribution in [0.25, 0.3) is 0 Å². The molecular weight excluding hydrogens is 204 g/mol. The topological polar surface area (TPSA) is 73.8 Å². The van der Waals surface area contributed by atoms with Crippen molar-refractivity contribution in [2.45, 2.75) is 46.6 Å². The predicted molar refractivity (Wildman–Crippen MR) is 61.8 cm³/mol. The minimum absolute atomic E-state index is 0.175. The summed E-state index contributed by atoms with van der Waals surface area (Å²) in [5.74, 6) is 0.118. The summed E-state index contributed by atoms with van der Waals surface area (Å²) in [6, 6.07) is 0.282. The van der Waals surface area contributed by atoms with E-state index >= 15 is 0 Å². The van der Waals surface area contributed by atoms with Crippen molar-refractivity contribution in [2.24, 2.45) is 11.7 Å². The van der Waals surface area contributed by atoms with Crippen molar-refractivity contribution in [2.75, 3.05) is 0 Å². The van der Waals surface area contributed by atoms with E-state index < -0.39 is 0 Å². The summed E-state index contributed by atoms with van der Waals surface area (Å²) in [5.41, 5.74) is 6.90. The molecule has 0 aliphatic heterocycles. The van der Waals surface area contributed by atoms with Gasteiger partial charge in [-0.15, -0.1) is 5.10 Å². The first-order valence-electron chi connectivity index (χ1n) is 5.68. The van der Waals surface area contributed by atoms with Gasteiger partial charge in [-0.1, -0.05) is 26.0 Å². The molecule has 0 aliphatic carbocycles. The van der Waals surface area contributed by atoms with Crippen LogP contribution in [0.1, 0.15) is 45.1 Å². The van der Waals surface area contributed by atoms with Crippen LogP contribution >= 0.6 is 0 Å². The van der Waals surface area contributed by atoms with Crippen LogP contribution in [0.3, 0.4) is 0 Å². The summed E-state index contributed by atoms with van der Waals surface area (Å²) in [4.78, 5) is 10.9. The molecule has 0 fully saturated rings. The van der Waals surface area contributed by atoms with E-state index in [0.29, 0.717) is 11.6 Å². The molecule has 5 nitrogen and oxygen atoms in total. The van der Waals surface area contributed by atoms with Crippen molar-refractivity contribution < 1.29 is 4.79 Å². The Balaban J connectivity index is 3.03. The predicted octanol–water partition coefficient (Wildman–Crippen LogP) is 1.09. The Labute approximate surface area is 96.0 Å². The van der Waals surface area contributed by atoms with Crippen molar-refractivity contribution in [3.63, 3.8) is 0 Å². The smallest absolute Gasteiger partial charge is 0.223 e. The molecule has 0 saturated heterocycles. The molecule has 0 saturated carbocycles. The maximum atomic E-state index is 10.9. The van der Waals surface area contributed by atoms with E-state index in [4.69, 9.17) is 5.73 Å². The highest BCUT2D eigenvalue weighted by atomic mass is 16.1. The summed E-state index contributed by atoms with van der Waals surface area (Å²) >= 11 is 0. The molecule has 0 aromatic carbocycles. The Morgan fingerprint density at radius 2 is 2.06 bits per heavy atom. The maximum absolute atomic E-state index is 10.9. The summed E-state index contributed by atoms with van der Waals surface area (Å²) in [6.07, 6.45) is 0.987. The number of rotatable bonds is 5. The van der Waals surface area contributed by atoms with Gasteiger partial charge >= 0.3 is 0 Å². The first kappa shape index (κ1) is 12.7. The number of amides is 1. The maximum Gasteiger partial charge on any atom is 0.223 e. The fraction of sp³-hybridized carbons (Fsp3) is 0.727. The van der Waals surface area contributed by atoms with E-state index in [9.17, 15) is 4.79 Å². The lowest BCUT2D eigenvalue weighted by atomic mass is 10.1. The zero-order valence-electron chi connectivity index (χ0n) is 10.4. The molecule has 0 bridgehead atoms. The third-order valence-electron chi connectivity index (χ3n) is 2.90. The van der Waals surface area contributed by atoms with Gasteiger partial charge in [-0.25, -0.2) is 4.68 Å². The second kappa shape index (κ2) is 5.09. The van der Waals surface area contributed by atoms with Gasteiger partial charge in [-0.05, 0) is 19.3 Å². The Hall–Kier alpha value is -1.39. The molecule has 1 aromatic heterocycles. The number of aromatic nitrogens is 3. The van der Waals surface area contributed by atoms with Crippen molar-refractivity contribution in [1.29, 1.82) is 0 Å². The minimum atomic E-state index is -0.362. The normalized spacial score (nSPS) is 13.1. The Kier molecular flexibility index (Phi) is 4.04. The zero-order valence-corrected chi connectivity index (χ0v) is 10.4. The summed E-state index contributed by atoms with van der Waals surface area (Å²) in [5, 5.41) is 8.16. The molecule has 0 aliphatic rings. The number of carbonyl (C=O) groups is 1. The van der Waals surface area contributed by atoms with E-state index in [1.54, 1.807) is 0 Å². The highest BCUT2D eigenvalue weighted by molar-refractivity contribution is 5.76. The van der Waals surface area contributed by atoms with Gasteiger partial charge in [0.25, 0.3) is 0 Å². The molecule has 90 valence electrons. The molecule has 1 aromatic rings. The standard InChI is InChI=1S/C11H20N4O/c1-5-10-9(6-11(12)16)13-14-15(10)8(4)7(2)3/h7-8H,5-6H2,1-4H3,(H2,12,16). The van der Waals surface area contributed by atoms with Gasteiger partial charge in [-0.3, -0.25) is 4.79 Å². The third kappa shape index (κ3) is 2.59. The van der Waals surface area contributed by atoms with Crippen LogP contribution in [0.15, 0.2) is 0 Å². The van der Waals surface area contributed by atoms with Crippen LogP contribution < -0.4 is 5.73 Å². The van der Waals surface area contributed by atoms with Crippen LogP contribution in [-0.2, 0) is 17.6 Å². The van der Waals surface area contributed by atoms with E-state index in [2.05, 4.69) is 31.1 Å². The number of nitrogens with zero attached hydrogens (tertiary/aromatic N) is 3. The molecule has 16 heavy (non-hydrogen) atoms. The highest BCUT2D eigenvalue weighted by Crippen LogP contribution is 2.19. The molecule has 1 unspecified atom stereocenters. The van der Waals surface area contributed by atoms with E-state index in [-0.39, 0.29) is 18.4 Å². The van der Waals surface area contributed by atoms with E-state index in [0.717, 1.165) is 12.1 Å². The lowest BCUT2D eigenvalue weighted by Gasteiger charge is -2.17. The molecule has 1 amide bonds. The third-order valence-corrected chi connectivity index (χ3v) is 2.90. The van der Waals surface area contributed by atoms with Crippen LogP contribution in [0.4, 0.5) is 0 Å². The molecule has 2 N–H and O–H groups in total. The molecule has 0 radical (unpaired) electrons. The number of carbonyl (C=O) groups excluding carboxylic acids is 1. The summed E-state index contributed by atoms with van der Waals surface area (Å²) in [6.45, 7) is 8.42. The number of hydrogen-bond acceptors (Lipinski definition) is 3. The Bertz CT molecular complexity index is 370. The van der Waals surface area contributed by atoms with Crippen LogP contribution in [-0.4, -0.2) is 20.9 Å². The van der Waals surface area contributed by atoms with Crippen LogP contribution in [0.2, 0.25) is 0 Å². The van der Waals surface area contributed by atoms with Gasteiger partial charge in [-0.2, -0.15) is 0 Å². The molecule has 1 rings (SSSR count). The Morgan fingerprint density at radius 3 is 2.50 bits per heavy atom. The fourth-order valence-corrected chi connectivity index (χ4v) is 1.62. The van der Waals surface area contributed by atoms with Crippen molar-refractivity contribution in [3.8, 4) is 0 Å². The quantitative estimate of drug-likeness (QED) is 0.813. The Morgan fingerprint density at radius 1 is 1.44 bits per heavy atom. The van der Waals surface area contributed by atoms with E-state index in [1.807, 2.05) is 11.6 Å². The van der Waals surface area contributed by atoms with Gasteiger partial charge in [0.15, 0.2) is 0 Å². The van der Waals surface area contributed by atoms with Crippen LogP contribution in [0, 0.1) is 5.92 Å². The van der Waals surface area contributed by atoms with Crippen LogP contribution in [0.5, 0.6) is 0 Å². The van der Waals surface area contributed by atoms with Crippen molar-refractivity contribution in [3.05, 3.63) is 11.4 Å². The average Bonchev–Trinajstić information content (AvgIpc) is 2.58. The van der Waals surface area contributed by atoms with Crippen molar-refractivity contribution >= 4 is 5.91 Å². The van der Waals surface area contributed by atoms with Crippen molar-refractivity contribution in [1.82, 2.24) is 15.0 Å². The average molecular weight is 224 g/mol. The van der Waals surface area contributed by atoms with Gasteiger partial charge in [0.2, 0.25) is 5.91 Å². The number of primary amides is 1. The highest BCUT2D eigenvalue weighted by Gasteiger charge is 2.18. The summed E-state index contributed by atoms with van der Waals surface area (Å²) in [7, 11) is 0. The lowest BCUT2D eigenvalue weighted by Crippen LogP contribution is -2.18. The second-order valence-corrected chi connectivity index (χ2v) is 4.41. The molecule has 1 heterocycles. The fourth-order valence-electron chi connectivity index (χ4n) is 1.62. The van der Waals surface area contributed by atoms with Gasteiger partial charge in [0.05, 0.1) is 23.9 Å². The van der Waals surface area contributed by atoms with Gasteiger partial charge in [0, 0.05) is 0 Å². The first-order chi connectivity index (χ1) is 7.47. The monoisotopic (exact) mass is 224 g/mol. The molecular formula is C11H20N4O. The second-order valence-electron chi connectivity index (χ2n) is 4.41. The van der Waals surface area contributed by atoms with Gasteiger partial charge in [0.1, 0.15) is 0 Å². The first-order valence-corrected chi connectivity index (χ1v) is 5.68. The van der Waals surface area contributed by atoms with Gasteiger partial charge < -0.3 is 5.73 Å². The number of hydrogen-bond donors (Lipinski definition) is 1. The van der Waals surface area contributed by atoms with E-state index in [1.165, 1.54) is 0 Å². The summed E-state index contributed by atoms with van der Waals surface area (Å²) < 4.78 is 1.91. The lowest BCUT2D eigenvalue weighted by molar-refractivity contribution is -0.117. The largest absolute Gasteiger partial charge is 0.369 e. The zero-order chi connectivity index (χ0) is 12.3. The SMILES string of the molecule is CCc1c(CC(N)=O)nnn1C(C)C(C)C. The number of nitrogens with two attached hydrogens (primary N) is 1. The molecule has 0 spiro atoms.